The summed E-state index contributed by atoms with van der Waals surface area (Å²) in [5, 5.41) is 12.5. The number of hydrogen-bond donors (Lipinski definition) is 2. The number of carboxylic acids is 1. The normalized spacial score (nSPS) is 38.7. The van der Waals surface area contributed by atoms with Gasteiger partial charge < -0.3 is 10.4 Å². The summed E-state index contributed by atoms with van der Waals surface area (Å²) in [7, 11) is 0. The summed E-state index contributed by atoms with van der Waals surface area (Å²) in [5.74, 6) is 0.952. The van der Waals surface area contributed by atoms with Crippen molar-refractivity contribution in [2.24, 2.45) is 11.8 Å². The van der Waals surface area contributed by atoms with E-state index in [1.807, 2.05) is 0 Å². The lowest BCUT2D eigenvalue weighted by Crippen LogP contribution is -2.63. The Labute approximate surface area is 115 Å². The molecule has 0 radical (unpaired) electrons. The molecule has 0 aliphatic carbocycles. The van der Waals surface area contributed by atoms with Gasteiger partial charge in [0.1, 0.15) is 0 Å². The van der Waals surface area contributed by atoms with Crippen LogP contribution in [0.5, 0.6) is 0 Å². The van der Waals surface area contributed by atoms with Crippen molar-refractivity contribution in [3.8, 4) is 0 Å². The lowest BCUT2D eigenvalue weighted by Gasteiger charge is -2.54. The molecule has 0 bridgehead atoms. The zero-order chi connectivity index (χ0) is 13.2. The van der Waals surface area contributed by atoms with Crippen molar-refractivity contribution >= 4 is 5.97 Å². The SMILES string of the molecule is O=C(O)CCC[C@H]1NC[C@@H]2CCCN3CCC[C@@H]1[C@H]23. The van der Waals surface area contributed by atoms with E-state index in [2.05, 4.69) is 10.2 Å². The third-order valence-corrected chi connectivity index (χ3v) is 5.41. The average molecular weight is 266 g/mol. The first-order valence-corrected chi connectivity index (χ1v) is 7.95. The van der Waals surface area contributed by atoms with Crippen LogP contribution in [0.2, 0.25) is 0 Å². The number of aliphatic carboxylic acids is 1. The first kappa shape index (κ1) is 13.4. The van der Waals surface area contributed by atoms with Crippen LogP contribution in [0.25, 0.3) is 0 Å². The van der Waals surface area contributed by atoms with E-state index in [9.17, 15) is 4.79 Å². The molecule has 2 N–H and O–H groups in total. The maximum Gasteiger partial charge on any atom is 0.303 e. The van der Waals surface area contributed by atoms with Gasteiger partial charge in [-0.05, 0) is 70.0 Å². The molecule has 3 fully saturated rings. The van der Waals surface area contributed by atoms with Crippen molar-refractivity contribution in [2.45, 2.75) is 57.0 Å². The number of hydrogen-bond acceptors (Lipinski definition) is 3. The van der Waals surface area contributed by atoms with Crippen molar-refractivity contribution < 1.29 is 9.90 Å². The van der Waals surface area contributed by atoms with E-state index in [0.717, 1.165) is 37.3 Å². The molecule has 0 saturated carbocycles. The molecule has 3 aliphatic heterocycles. The Morgan fingerprint density at radius 3 is 2.84 bits per heavy atom. The lowest BCUT2D eigenvalue weighted by atomic mass is 9.70. The Hall–Kier alpha value is -0.610. The monoisotopic (exact) mass is 266 g/mol. The van der Waals surface area contributed by atoms with Crippen LogP contribution in [0, 0.1) is 11.8 Å². The summed E-state index contributed by atoms with van der Waals surface area (Å²) < 4.78 is 0. The fourth-order valence-electron chi connectivity index (χ4n) is 4.66. The van der Waals surface area contributed by atoms with Crippen LogP contribution in [0.3, 0.4) is 0 Å². The molecular formula is C15H26N2O2. The van der Waals surface area contributed by atoms with Crippen LogP contribution in [0.1, 0.15) is 44.9 Å². The molecule has 4 heteroatoms. The van der Waals surface area contributed by atoms with Gasteiger partial charge in [0, 0.05) is 18.5 Å². The standard InChI is InChI=1S/C15H26N2O2/c18-14(19)7-1-6-13-12-5-3-9-17-8-2-4-11(10-16-13)15(12)17/h11-13,15-16H,1-10H2,(H,18,19)/t11-,12-,13+,15-/m0/s1. The quantitative estimate of drug-likeness (QED) is 0.813. The summed E-state index contributed by atoms with van der Waals surface area (Å²) in [6.45, 7) is 3.73. The van der Waals surface area contributed by atoms with Gasteiger partial charge in [-0.2, -0.15) is 0 Å². The molecule has 3 saturated heterocycles. The van der Waals surface area contributed by atoms with Gasteiger partial charge in [-0.3, -0.25) is 9.69 Å². The number of rotatable bonds is 4. The maximum atomic E-state index is 10.7. The Balaban J connectivity index is 1.62. The predicted molar refractivity (Wildman–Crippen MR) is 74.1 cm³/mol. The van der Waals surface area contributed by atoms with Crippen molar-refractivity contribution in [3.63, 3.8) is 0 Å². The highest BCUT2D eigenvalue weighted by Gasteiger charge is 2.45. The van der Waals surface area contributed by atoms with Gasteiger partial charge in [-0.25, -0.2) is 0 Å². The minimum atomic E-state index is -0.656. The van der Waals surface area contributed by atoms with Gasteiger partial charge in [-0.15, -0.1) is 0 Å². The zero-order valence-corrected chi connectivity index (χ0v) is 11.7. The summed E-state index contributed by atoms with van der Waals surface area (Å²) in [6, 6.07) is 1.35. The molecule has 3 heterocycles. The lowest BCUT2D eigenvalue weighted by molar-refractivity contribution is -0.137. The third-order valence-electron chi connectivity index (χ3n) is 5.41. The molecule has 0 spiro atoms. The van der Waals surface area contributed by atoms with Crippen LogP contribution in [0.4, 0.5) is 0 Å². The summed E-state index contributed by atoms with van der Waals surface area (Å²) in [6.07, 6.45) is 7.58. The van der Waals surface area contributed by atoms with E-state index >= 15 is 0 Å². The molecule has 4 atom stereocenters. The molecule has 0 amide bonds. The largest absolute Gasteiger partial charge is 0.481 e. The van der Waals surface area contributed by atoms with Gasteiger partial charge >= 0.3 is 5.97 Å². The first-order valence-electron chi connectivity index (χ1n) is 7.95. The Morgan fingerprint density at radius 2 is 2.05 bits per heavy atom. The molecule has 0 aromatic heterocycles. The Morgan fingerprint density at radius 1 is 1.26 bits per heavy atom. The Bertz CT molecular complexity index is 325. The van der Waals surface area contributed by atoms with E-state index in [4.69, 9.17) is 5.11 Å². The number of carboxylic acid groups (broad SMARTS) is 1. The molecule has 3 rings (SSSR count). The highest BCUT2D eigenvalue weighted by atomic mass is 16.4. The van der Waals surface area contributed by atoms with Crippen LogP contribution in [-0.2, 0) is 4.79 Å². The van der Waals surface area contributed by atoms with E-state index in [-0.39, 0.29) is 0 Å². The van der Waals surface area contributed by atoms with Gasteiger partial charge in [0.05, 0.1) is 0 Å². The predicted octanol–water partition coefficient (Wildman–Crippen LogP) is 1.70. The summed E-state index contributed by atoms with van der Waals surface area (Å²) >= 11 is 0. The van der Waals surface area contributed by atoms with Crippen LogP contribution >= 0.6 is 0 Å². The minimum Gasteiger partial charge on any atom is -0.481 e. The van der Waals surface area contributed by atoms with Gasteiger partial charge in [0.15, 0.2) is 0 Å². The van der Waals surface area contributed by atoms with Gasteiger partial charge in [-0.1, -0.05) is 0 Å². The van der Waals surface area contributed by atoms with Crippen LogP contribution in [0.15, 0.2) is 0 Å². The number of nitrogens with one attached hydrogen (secondary N) is 1. The first-order chi connectivity index (χ1) is 9.25. The second kappa shape index (κ2) is 5.80. The fourth-order valence-corrected chi connectivity index (χ4v) is 4.66. The number of nitrogens with zero attached hydrogens (tertiary/aromatic N) is 1. The molecule has 3 aliphatic rings. The summed E-state index contributed by atoms with van der Waals surface area (Å²) in [4.78, 5) is 13.4. The number of piperidine rings is 3. The van der Waals surface area contributed by atoms with E-state index in [1.165, 1.54) is 38.8 Å². The molecule has 4 nitrogen and oxygen atoms in total. The smallest absolute Gasteiger partial charge is 0.303 e. The maximum absolute atomic E-state index is 10.7. The molecule has 0 unspecified atom stereocenters. The highest BCUT2D eigenvalue weighted by Crippen LogP contribution is 2.39. The molecule has 108 valence electrons. The highest BCUT2D eigenvalue weighted by molar-refractivity contribution is 5.66. The second-order valence-corrected chi connectivity index (χ2v) is 6.54. The van der Waals surface area contributed by atoms with Crippen molar-refractivity contribution in [1.29, 1.82) is 0 Å². The molecular weight excluding hydrogens is 240 g/mol. The van der Waals surface area contributed by atoms with E-state index in [0.29, 0.717) is 12.5 Å². The average Bonchev–Trinajstić information content (AvgIpc) is 2.41. The Kier molecular flexibility index (Phi) is 4.08. The van der Waals surface area contributed by atoms with Crippen LogP contribution in [-0.4, -0.2) is 47.7 Å². The van der Waals surface area contributed by atoms with Gasteiger partial charge in [0.25, 0.3) is 0 Å². The number of carbonyl (C=O) groups is 1. The minimum absolute atomic E-state index is 0.322. The third kappa shape index (κ3) is 2.79. The second-order valence-electron chi connectivity index (χ2n) is 6.54. The van der Waals surface area contributed by atoms with Crippen molar-refractivity contribution in [1.82, 2.24) is 10.2 Å². The van der Waals surface area contributed by atoms with Crippen molar-refractivity contribution in [3.05, 3.63) is 0 Å². The molecule has 0 aromatic rings. The topological polar surface area (TPSA) is 52.6 Å². The van der Waals surface area contributed by atoms with Crippen molar-refractivity contribution in [2.75, 3.05) is 19.6 Å². The molecule has 19 heavy (non-hydrogen) atoms. The molecule has 0 aromatic carbocycles. The van der Waals surface area contributed by atoms with E-state index in [1.54, 1.807) is 0 Å². The zero-order valence-electron chi connectivity index (χ0n) is 11.7. The fraction of sp³-hybridized carbons (Fsp3) is 0.933. The van der Waals surface area contributed by atoms with Gasteiger partial charge in [0.2, 0.25) is 0 Å². The summed E-state index contributed by atoms with van der Waals surface area (Å²) in [5.41, 5.74) is 0. The van der Waals surface area contributed by atoms with Crippen LogP contribution < -0.4 is 5.32 Å². The van der Waals surface area contributed by atoms with E-state index < -0.39 is 5.97 Å².